The Labute approximate surface area is 147 Å². The van der Waals surface area contributed by atoms with Crippen molar-refractivity contribution in [3.8, 4) is 0 Å². The zero-order valence-corrected chi connectivity index (χ0v) is 14.3. The molecule has 4 rings (SSSR count). The Morgan fingerprint density at radius 2 is 2.08 bits per heavy atom. The smallest absolute Gasteiger partial charge is 0.278 e. The van der Waals surface area contributed by atoms with Gasteiger partial charge in [0.25, 0.3) is 17.5 Å². The van der Waals surface area contributed by atoms with E-state index in [1.807, 2.05) is 6.92 Å². The molecule has 2 aliphatic heterocycles. The van der Waals surface area contributed by atoms with Crippen molar-refractivity contribution in [1.82, 2.24) is 9.80 Å². The lowest BCUT2D eigenvalue weighted by Gasteiger charge is -2.35. The number of hydrogen-bond acceptors (Lipinski definition) is 6. The fourth-order valence-electron chi connectivity index (χ4n) is 3.53. The van der Waals surface area contributed by atoms with Crippen molar-refractivity contribution in [1.29, 1.82) is 0 Å². The number of hydrogen-bond donors (Lipinski definition) is 0. The number of carbonyl (C=O) groups is 2. The maximum absolute atomic E-state index is 12.7. The molecule has 2 amide bonds. The van der Waals surface area contributed by atoms with Crippen molar-refractivity contribution in [3.63, 3.8) is 0 Å². The van der Waals surface area contributed by atoms with Gasteiger partial charge in [0.1, 0.15) is 5.56 Å². The standard InChI is InChI=1S/C17H15N3O4S/c1-10-11-6-8-25-14(11)5-7-18(10)9-19-16(21)12-3-2-4-13(20(23)24)15(12)17(19)22/h2-4,6,8,10H,5,7,9H2,1H3/t10-/m1/s1. The highest BCUT2D eigenvalue weighted by molar-refractivity contribution is 7.10. The fourth-order valence-corrected chi connectivity index (χ4v) is 4.50. The summed E-state index contributed by atoms with van der Waals surface area (Å²) in [6.07, 6.45) is 0.876. The number of benzene rings is 1. The molecule has 0 saturated heterocycles. The molecule has 25 heavy (non-hydrogen) atoms. The molecule has 0 N–H and O–H groups in total. The minimum Gasteiger partial charge on any atom is -0.278 e. The van der Waals surface area contributed by atoms with E-state index >= 15 is 0 Å². The van der Waals surface area contributed by atoms with Gasteiger partial charge in [0, 0.05) is 23.5 Å². The highest BCUT2D eigenvalue weighted by Gasteiger charge is 2.42. The summed E-state index contributed by atoms with van der Waals surface area (Å²) < 4.78 is 0. The van der Waals surface area contributed by atoms with Crippen molar-refractivity contribution in [2.75, 3.05) is 13.2 Å². The van der Waals surface area contributed by atoms with Crippen LogP contribution in [-0.2, 0) is 6.42 Å². The summed E-state index contributed by atoms with van der Waals surface area (Å²) in [5, 5.41) is 13.2. The summed E-state index contributed by atoms with van der Waals surface area (Å²) >= 11 is 1.72. The molecule has 0 unspecified atom stereocenters. The van der Waals surface area contributed by atoms with E-state index in [4.69, 9.17) is 0 Å². The average molecular weight is 357 g/mol. The third kappa shape index (κ3) is 2.37. The highest BCUT2D eigenvalue weighted by Crippen LogP contribution is 2.35. The molecule has 1 aromatic heterocycles. The maximum atomic E-state index is 12.7. The lowest BCUT2D eigenvalue weighted by Crippen LogP contribution is -2.44. The summed E-state index contributed by atoms with van der Waals surface area (Å²) in [6.45, 7) is 2.93. The Hall–Kier alpha value is -2.58. The van der Waals surface area contributed by atoms with Crippen LogP contribution in [-0.4, -0.2) is 39.8 Å². The molecule has 3 heterocycles. The zero-order valence-electron chi connectivity index (χ0n) is 13.5. The molecule has 0 saturated carbocycles. The Kier molecular flexibility index (Phi) is 3.66. The summed E-state index contributed by atoms with van der Waals surface area (Å²) in [5.41, 5.74) is 0.919. The van der Waals surface area contributed by atoms with Crippen molar-refractivity contribution in [2.24, 2.45) is 0 Å². The van der Waals surface area contributed by atoms with Crippen LogP contribution in [0.2, 0.25) is 0 Å². The van der Waals surface area contributed by atoms with Crippen LogP contribution in [0.15, 0.2) is 29.6 Å². The van der Waals surface area contributed by atoms with Crippen LogP contribution in [0, 0.1) is 10.1 Å². The Bertz CT molecular complexity index is 907. The molecule has 0 aliphatic carbocycles. The van der Waals surface area contributed by atoms with Gasteiger partial charge in [-0.25, -0.2) is 0 Å². The van der Waals surface area contributed by atoms with Gasteiger partial charge in [-0.3, -0.25) is 29.5 Å². The number of nitrogens with zero attached hydrogens (tertiary/aromatic N) is 3. The lowest BCUT2D eigenvalue weighted by molar-refractivity contribution is -0.385. The van der Waals surface area contributed by atoms with E-state index in [0.29, 0.717) is 0 Å². The average Bonchev–Trinajstić information content (AvgIpc) is 3.16. The second kappa shape index (κ2) is 5.75. The van der Waals surface area contributed by atoms with Crippen molar-refractivity contribution < 1.29 is 14.5 Å². The second-order valence-electron chi connectivity index (χ2n) is 6.17. The predicted octanol–water partition coefficient (Wildman–Crippen LogP) is 2.83. The maximum Gasteiger partial charge on any atom is 0.282 e. The third-order valence-corrected chi connectivity index (χ3v) is 5.90. The van der Waals surface area contributed by atoms with E-state index in [1.165, 1.54) is 28.6 Å². The number of nitro benzene ring substituents is 1. The van der Waals surface area contributed by atoms with Crippen molar-refractivity contribution >= 4 is 28.8 Å². The van der Waals surface area contributed by atoms with E-state index in [1.54, 1.807) is 11.3 Å². The molecule has 128 valence electrons. The van der Waals surface area contributed by atoms with Crippen LogP contribution >= 0.6 is 11.3 Å². The Morgan fingerprint density at radius 3 is 2.84 bits per heavy atom. The van der Waals surface area contributed by atoms with Crippen LogP contribution in [0.1, 0.15) is 44.1 Å². The summed E-state index contributed by atoms with van der Waals surface area (Å²) in [4.78, 5) is 40.4. The molecule has 1 atom stereocenters. The van der Waals surface area contributed by atoms with Crippen LogP contribution in [0.3, 0.4) is 0 Å². The van der Waals surface area contributed by atoms with Gasteiger partial charge in [0.05, 0.1) is 17.2 Å². The van der Waals surface area contributed by atoms with E-state index in [0.717, 1.165) is 17.9 Å². The summed E-state index contributed by atoms with van der Waals surface area (Å²) in [6, 6.07) is 6.33. The minimum absolute atomic E-state index is 0.0919. The largest absolute Gasteiger partial charge is 0.282 e. The van der Waals surface area contributed by atoms with E-state index in [2.05, 4.69) is 16.3 Å². The highest BCUT2D eigenvalue weighted by atomic mass is 32.1. The second-order valence-corrected chi connectivity index (χ2v) is 7.17. The van der Waals surface area contributed by atoms with Crippen LogP contribution in [0.5, 0.6) is 0 Å². The number of fused-ring (bicyclic) bond motifs is 2. The summed E-state index contributed by atoms with van der Waals surface area (Å²) in [7, 11) is 0. The number of thiophene rings is 1. The predicted molar refractivity (Wildman–Crippen MR) is 91.6 cm³/mol. The summed E-state index contributed by atoms with van der Waals surface area (Å²) in [5.74, 6) is -1.05. The van der Waals surface area contributed by atoms with Crippen LogP contribution < -0.4 is 0 Å². The Balaban J connectivity index is 1.63. The molecule has 0 spiro atoms. The van der Waals surface area contributed by atoms with Gasteiger partial charge in [0.2, 0.25) is 0 Å². The first-order chi connectivity index (χ1) is 12.0. The van der Waals surface area contributed by atoms with Crippen LogP contribution in [0.25, 0.3) is 0 Å². The fraction of sp³-hybridized carbons (Fsp3) is 0.294. The molecular formula is C17H15N3O4S. The van der Waals surface area contributed by atoms with Crippen LogP contribution in [0.4, 0.5) is 5.69 Å². The molecule has 0 bridgehead atoms. The van der Waals surface area contributed by atoms with E-state index in [-0.39, 0.29) is 29.5 Å². The first kappa shape index (κ1) is 15.9. The van der Waals surface area contributed by atoms with Gasteiger partial charge < -0.3 is 0 Å². The van der Waals surface area contributed by atoms with Gasteiger partial charge >= 0.3 is 0 Å². The van der Waals surface area contributed by atoms with Gasteiger partial charge in [-0.05, 0) is 36.4 Å². The number of nitro groups is 1. The molecule has 2 aromatic rings. The number of carbonyl (C=O) groups excluding carboxylic acids is 2. The molecule has 0 fully saturated rings. The molecule has 0 radical (unpaired) electrons. The number of amides is 2. The molecule has 8 heteroatoms. The molecule has 7 nitrogen and oxygen atoms in total. The van der Waals surface area contributed by atoms with Crippen molar-refractivity contribution in [2.45, 2.75) is 19.4 Å². The van der Waals surface area contributed by atoms with Gasteiger partial charge in [-0.2, -0.15) is 0 Å². The zero-order chi connectivity index (χ0) is 17.7. The first-order valence-electron chi connectivity index (χ1n) is 7.93. The third-order valence-electron chi connectivity index (χ3n) is 4.90. The molecule has 2 aliphatic rings. The van der Waals surface area contributed by atoms with Gasteiger partial charge in [-0.15, -0.1) is 11.3 Å². The molecular weight excluding hydrogens is 342 g/mol. The first-order valence-corrected chi connectivity index (χ1v) is 8.81. The van der Waals surface area contributed by atoms with Gasteiger partial charge in [0.15, 0.2) is 0 Å². The number of rotatable bonds is 3. The SMILES string of the molecule is C[C@@H]1c2ccsc2CCN1CN1C(=O)c2cccc([N+](=O)[O-])c2C1=O. The topological polar surface area (TPSA) is 83.8 Å². The molecule has 1 aromatic carbocycles. The lowest BCUT2D eigenvalue weighted by atomic mass is 10.0. The monoisotopic (exact) mass is 357 g/mol. The van der Waals surface area contributed by atoms with E-state index < -0.39 is 16.7 Å². The van der Waals surface area contributed by atoms with E-state index in [9.17, 15) is 19.7 Å². The van der Waals surface area contributed by atoms with Crippen molar-refractivity contribution in [3.05, 3.63) is 61.3 Å². The minimum atomic E-state index is -0.616. The number of imide groups is 1. The van der Waals surface area contributed by atoms with Gasteiger partial charge in [-0.1, -0.05) is 6.07 Å². The quantitative estimate of drug-likeness (QED) is 0.479. The Morgan fingerprint density at radius 1 is 1.28 bits per heavy atom. The normalized spacial score (nSPS) is 19.9.